The van der Waals surface area contributed by atoms with Crippen molar-refractivity contribution in [3.05, 3.63) is 34.9 Å². The van der Waals surface area contributed by atoms with E-state index < -0.39 is 6.04 Å². The number of nitrogens with zero attached hydrogens (tertiary/aromatic N) is 1. The van der Waals surface area contributed by atoms with Gasteiger partial charge in [0.25, 0.3) is 0 Å². The molecular formula is C17H27Cl2N3O2. The zero-order valence-corrected chi connectivity index (χ0v) is 15.6. The molecule has 2 atom stereocenters. The van der Waals surface area contributed by atoms with Gasteiger partial charge in [-0.1, -0.05) is 37.1 Å². The third-order valence-electron chi connectivity index (χ3n) is 4.15. The Balaban J connectivity index is 0.00000288. The van der Waals surface area contributed by atoms with Crippen LogP contribution in [0.1, 0.15) is 31.4 Å². The van der Waals surface area contributed by atoms with Crippen molar-refractivity contribution in [2.45, 2.75) is 31.8 Å². The number of hydrogen-bond acceptors (Lipinski definition) is 4. The third kappa shape index (κ3) is 6.22. The van der Waals surface area contributed by atoms with E-state index in [2.05, 4.69) is 10.2 Å². The second kappa shape index (κ2) is 10.9. The lowest BCUT2D eigenvalue weighted by Gasteiger charge is -2.35. The fraction of sp³-hybridized carbons (Fsp3) is 0.588. The lowest BCUT2D eigenvalue weighted by molar-refractivity contribution is -0.122. The molecule has 1 saturated heterocycles. The van der Waals surface area contributed by atoms with Crippen molar-refractivity contribution in [1.82, 2.24) is 10.2 Å². The lowest BCUT2D eigenvalue weighted by atomic mass is 10.0. The Hall–Kier alpha value is -0.850. The molecular weight excluding hydrogens is 349 g/mol. The Labute approximate surface area is 155 Å². The number of benzene rings is 1. The number of carbonyl (C=O) groups is 1. The first kappa shape index (κ1) is 21.2. The van der Waals surface area contributed by atoms with E-state index in [0.29, 0.717) is 31.2 Å². The van der Waals surface area contributed by atoms with E-state index in [1.165, 1.54) is 0 Å². The van der Waals surface area contributed by atoms with Crippen LogP contribution in [0.25, 0.3) is 0 Å². The molecule has 1 fully saturated rings. The molecule has 1 aliphatic rings. The van der Waals surface area contributed by atoms with Gasteiger partial charge >= 0.3 is 0 Å². The summed E-state index contributed by atoms with van der Waals surface area (Å²) in [5.41, 5.74) is 7.03. The number of hydrogen-bond donors (Lipinski definition) is 2. The first-order valence-electron chi connectivity index (χ1n) is 8.22. The van der Waals surface area contributed by atoms with Gasteiger partial charge in [-0.3, -0.25) is 9.69 Å². The van der Waals surface area contributed by atoms with E-state index >= 15 is 0 Å². The second-order valence-electron chi connectivity index (χ2n) is 5.86. The zero-order valence-electron chi connectivity index (χ0n) is 14.0. The molecule has 0 aliphatic carbocycles. The van der Waals surface area contributed by atoms with E-state index in [0.717, 1.165) is 25.1 Å². The standard InChI is InChI=1S/C17H26ClN3O2.ClH/c1-2-3-15(19)17(22)20-12-16(21-8-10-23-11-9-21)13-4-6-14(18)7-5-13;/h4-7,15-16H,2-3,8-12,19H2,1H3,(H,20,22);1H. The van der Waals surface area contributed by atoms with Crippen LogP contribution in [0.5, 0.6) is 0 Å². The minimum atomic E-state index is -0.435. The summed E-state index contributed by atoms with van der Waals surface area (Å²) in [6.45, 7) is 5.70. The maximum absolute atomic E-state index is 12.1. The van der Waals surface area contributed by atoms with Crippen LogP contribution in [-0.4, -0.2) is 49.7 Å². The summed E-state index contributed by atoms with van der Waals surface area (Å²) >= 11 is 5.99. The summed E-state index contributed by atoms with van der Waals surface area (Å²) < 4.78 is 5.43. The van der Waals surface area contributed by atoms with Crippen LogP contribution in [-0.2, 0) is 9.53 Å². The first-order valence-corrected chi connectivity index (χ1v) is 8.60. The van der Waals surface area contributed by atoms with Gasteiger partial charge in [0.1, 0.15) is 0 Å². The molecule has 1 aromatic carbocycles. The van der Waals surface area contributed by atoms with Crippen molar-refractivity contribution >= 4 is 29.9 Å². The Morgan fingerprint density at radius 1 is 1.33 bits per heavy atom. The van der Waals surface area contributed by atoms with Crippen molar-refractivity contribution in [2.75, 3.05) is 32.8 Å². The Bertz CT molecular complexity index is 493. The smallest absolute Gasteiger partial charge is 0.236 e. The fourth-order valence-corrected chi connectivity index (χ4v) is 2.93. The zero-order chi connectivity index (χ0) is 16.7. The predicted octanol–water partition coefficient (Wildman–Crippen LogP) is 2.38. The highest BCUT2D eigenvalue weighted by Gasteiger charge is 2.24. The number of carbonyl (C=O) groups excluding carboxylic acids is 1. The number of halogens is 2. The van der Waals surface area contributed by atoms with E-state index in [9.17, 15) is 4.79 Å². The third-order valence-corrected chi connectivity index (χ3v) is 4.40. The summed E-state index contributed by atoms with van der Waals surface area (Å²) in [6, 6.07) is 7.47. The molecule has 2 unspecified atom stereocenters. The summed E-state index contributed by atoms with van der Waals surface area (Å²) in [5.74, 6) is -0.0842. The predicted molar refractivity (Wildman–Crippen MR) is 99.7 cm³/mol. The van der Waals surface area contributed by atoms with Gasteiger partial charge in [0.2, 0.25) is 5.91 Å². The van der Waals surface area contributed by atoms with E-state index in [-0.39, 0.29) is 24.4 Å². The van der Waals surface area contributed by atoms with Gasteiger partial charge in [-0.05, 0) is 24.1 Å². The van der Waals surface area contributed by atoms with E-state index in [1.807, 2.05) is 31.2 Å². The topological polar surface area (TPSA) is 67.6 Å². The number of ether oxygens (including phenoxy) is 1. The Kier molecular flexibility index (Phi) is 9.63. The first-order chi connectivity index (χ1) is 11.1. The molecule has 0 saturated carbocycles. The highest BCUT2D eigenvalue weighted by molar-refractivity contribution is 6.30. The summed E-state index contributed by atoms with van der Waals surface area (Å²) in [6.07, 6.45) is 1.60. The van der Waals surface area contributed by atoms with Crippen LogP contribution in [0.15, 0.2) is 24.3 Å². The second-order valence-corrected chi connectivity index (χ2v) is 6.29. The summed E-state index contributed by atoms with van der Waals surface area (Å²) in [7, 11) is 0. The lowest BCUT2D eigenvalue weighted by Crippen LogP contribution is -2.47. The number of nitrogens with two attached hydrogens (primary N) is 1. The average Bonchev–Trinajstić information content (AvgIpc) is 2.57. The van der Waals surface area contributed by atoms with Gasteiger partial charge in [0, 0.05) is 24.7 Å². The van der Waals surface area contributed by atoms with Crippen LogP contribution < -0.4 is 11.1 Å². The number of morpholine rings is 1. The van der Waals surface area contributed by atoms with Gasteiger partial charge in [0.05, 0.1) is 25.3 Å². The van der Waals surface area contributed by atoms with Gasteiger partial charge in [0.15, 0.2) is 0 Å². The molecule has 0 aromatic heterocycles. The SMILES string of the molecule is CCCC(N)C(=O)NCC(c1ccc(Cl)cc1)N1CCOCC1.Cl. The maximum Gasteiger partial charge on any atom is 0.236 e. The minimum Gasteiger partial charge on any atom is -0.379 e. The van der Waals surface area contributed by atoms with Gasteiger partial charge in [-0.15, -0.1) is 12.4 Å². The number of rotatable bonds is 7. The van der Waals surface area contributed by atoms with Crippen molar-refractivity contribution in [1.29, 1.82) is 0 Å². The van der Waals surface area contributed by atoms with Crippen LogP contribution in [0.3, 0.4) is 0 Å². The van der Waals surface area contributed by atoms with Crippen LogP contribution >= 0.6 is 24.0 Å². The van der Waals surface area contributed by atoms with Crippen molar-refractivity contribution in [2.24, 2.45) is 5.73 Å². The molecule has 5 nitrogen and oxygen atoms in total. The molecule has 7 heteroatoms. The normalized spacial score (nSPS) is 17.6. The van der Waals surface area contributed by atoms with Gasteiger partial charge < -0.3 is 15.8 Å². The number of nitrogens with one attached hydrogen (secondary N) is 1. The molecule has 0 radical (unpaired) electrons. The molecule has 0 spiro atoms. The molecule has 1 amide bonds. The molecule has 24 heavy (non-hydrogen) atoms. The molecule has 1 aromatic rings. The number of amides is 1. The Morgan fingerprint density at radius 2 is 1.96 bits per heavy atom. The molecule has 2 rings (SSSR count). The quantitative estimate of drug-likeness (QED) is 0.767. The fourth-order valence-electron chi connectivity index (χ4n) is 2.80. The Morgan fingerprint density at radius 3 is 2.54 bits per heavy atom. The summed E-state index contributed by atoms with van der Waals surface area (Å²) in [5, 5.41) is 3.71. The largest absolute Gasteiger partial charge is 0.379 e. The highest BCUT2D eigenvalue weighted by Crippen LogP contribution is 2.23. The maximum atomic E-state index is 12.1. The molecule has 0 bridgehead atoms. The van der Waals surface area contributed by atoms with Gasteiger partial charge in [-0.25, -0.2) is 0 Å². The van der Waals surface area contributed by atoms with Crippen molar-refractivity contribution in [3.8, 4) is 0 Å². The van der Waals surface area contributed by atoms with Crippen LogP contribution in [0.4, 0.5) is 0 Å². The monoisotopic (exact) mass is 375 g/mol. The molecule has 1 aliphatic heterocycles. The van der Waals surface area contributed by atoms with Crippen LogP contribution in [0.2, 0.25) is 5.02 Å². The van der Waals surface area contributed by atoms with Crippen molar-refractivity contribution in [3.63, 3.8) is 0 Å². The van der Waals surface area contributed by atoms with Crippen molar-refractivity contribution < 1.29 is 9.53 Å². The average molecular weight is 376 g/mol. The van der Waals surface area contributed by atoms with Gasteiger partial charge in [-0.2, -0.15) is 0 Å². The molecule has 3 N–H and O–H groups in total. The molecule has 136 valence electrons. The summed E-state index contributed by atoms with van der Waals surface area (Å²) in [4.78, 5) is 14.4. The molecule has 1 heterocycles. The van der Waals surface area contributed by atoms with E-state index in [4.69, 9.17) is 22.1 Å². The highest BCUT2D eigenvalue weighted by atomic mass is 35.5. The minimum absolute atomic E-state index is 0. The van der Waals surface area contributed by atoms with Crippen LogP contribution in [0, 0.1) is 0 Å². The van der Waals surface area contributed by atoms with E-state index in [1.54, 1.807) is 0 Å².